The Bertz CT molecular complexity index is 900. The van der Waals surface area contributed by atoms with Crippen LogP contribution in [-0.2, 0) is 4.79 Å². The molecule has 144 valence electrons. The van der Waals surface area contributed by atoms with Crippen molar-refractivity contribution in [1.29, 1.82) is 0 Å². The van der Waals surface area contributed by atoms with Crippen LogP contribution in [-0.4, -0.2) is 22.3 Å². The molecule has 28 heavy (non-hydrogen) atoms. The predicted molar refractivity (Wildman–Crippen MR) is 110 cm³/mol. The Kier molecular flexibility index (Phi) is 5.22. The first kappa shape index (κ1) is 18.7. The average molecular weight is 394 g/mol. The number of carbonyl (C=O) groups excluding carboxylic acids is 3. The van der Waals surface area contributed by atoms with Gasteiger partial charge >= 0.3 is 0 Å². The molecule has 0 aromatic heterocycles. The van der Waals surface area contributed by atoms with Crippen LogP contribution >= 0.6 is 11.8 Å². The lowest BCUT2D eigenvalue weighted by molar-refractivity contribution is -0.120. The second-order valence-electron chi connectivity index (χ2n) is 7.49. The van der Waals surface area contributed by atoms with Crippen molar-refractivity contribution >= 4 is 28.8 Å². The van der Waals surface area contributed by atoms with E-state index in [1.807, 2.05) is 12.1 Å². The normalized spacial score (nSPS) is 24.8. The van der Waals surface area contributed by atoms with Crippen molar-refractivity contribution in [1.82, 2.24) is 5.32 Å². The summed E-state index contributed by atoms with van der Waals surface area (Å²) in [5.41, 5.74) is 9.27. The number of thioether (sulfide) groups is 1. The van der Waals surface area contributed by atoms with Gasteiger partial charge in [0.2, 0.25) is 11.8 Å². The molecule has 2 aliphatic rings. The van der Waals surface area contributed by atoms with Gasteiger partial charge in [0, 0.05) is 5.56 Å². The zero-order valence-corrected chi connectivity index (χ0v) is 16.2. The average Bonchev–Trinajstić information content (AvgIpc) is 3.06. The minimum absolute atomic E-state index is 0.120. The van der Waals surface area contributed by atoms with Crippen molar-refractivity contribution in [3.8, 4) is 11.1 Å². The van der Waals surface area contributed by atoms with Crippen LogP contribution in [0.5, 0.6) is 0 Å². The minimum Gasteiger partial charge on any atom is -0.366 e. The molecule has 1 unspecified atom stereocenters. The van der Waals surface area contributed by atoms with Crippen LogP contribution in [0, 0.1) is 5.92 Å². The van der Waals surface area contributed by atoms with Crippen molar-refractivity contribution in [3.63, 3.8) is 0 Å². The van der Waals surface area contributed by atoms with Crippen LogP contribution in [0.1, 0.15) is 47.5 Å². The second-order valence-corrected chi connectivity index (χ2v) is 8.60. The Morgan fingerprint density at radius 2 is 1.46 bits per heavy atom. The number of amides is 3. The van der Waals surface area contributed by atoms with Crippen molar-refractivity contribution < 1.29 is 14.4 Å². The monoisotopic (exact) mass is 394 g/mol. The van der Waals surface area contributed by atoms with Crippen LogP contribution in [0.3, 0.4) is 0 Å². The Labute approximate surface area is 168 Å². The highest BCUT2D eigenvalue weighted by Gasteiger charge is 2.39. The molecule has 3 N–H and O–H groups in total. The minimum atomic E-state index is -0.421. The number of nitrogens with two attached hydrogens (primary N) is 1. The molecule has 0 bridgehead atoms. The van der Waals surface area contributed by atoms with E-state index in [2.05, 4.69) is 29.6 Å². The van der Waals surface area contributed by atoms with E-state index in [4.69, 9.17) is 5.73 Å². The fourth-order valence-corrected chi connectivity index (χ4v) is 5.23. The van der Waals surface area contributed by atoms with Gasteiger partial charge in [0.25, 0.3) is 5.24 Å². The molecule has 0 radical (unpaired) electrons. The molecule has 1 saturated heterocycles. The maximum absolute atomic E-state index is 11.9. The number of imide groups is 1. The summed E-state index contributed by atoms with van der Waals surface area (Å²) in [5.74, 6) is 0.240. The van der Waals surface area contributed by atoms with Crippen LogP contribution in [0.4, 0.5) is 4.79 Å². The first-order valence-electron chi connectivity index (χ1n) is 9.53. The van der Waals surface area contributed by atoms with E-state index in [1.54, 1.807) is 12.1 Å². The summed E-state index contributed by atoms with van der Waals surface area (Å²) in [6.45, 7) is 0. The molecule has 2 fully saturated rings. The molecule has 0 spiro atoms. The summed E-state index contributed by atoms with van der Waals surface area (Å²) in [6.07, 6.45) is 4.02. The van der Waals surface area contributed by atoms with E-state index in [1.165, 1.54) is 5.56 Å². The quantitative estimate of drug-likeness (QED) is 0.818. The van der Waals surface area contributed by atoms with Gasteiger partial charge < -0.3 is 5.73 Å². The molecule has 2 aromatic rings. The van der Waals surface area contributed by atoms with Crippen LogP contribution in [0.15, 0.2) is 48.5 Å². The smallest absolute Gasteiger partial charge is 0.286 e. The maximum atomic E-state index is 11.9. The van der Waals surface area contributed by atoms with E-state index in [-0.39, 0.29) is 22.3 Å². The van der Waals surface area contributed by atoms with E-state index >= 15 is 0 Å². The lowest BCUT2D eigenvalue weighted by Gasteiger charge is -2.30. The van der Waals surface area contributed by atoms with Crippen LogP contribution in [0.2, 0.25) is 0 Å². The molecule has 5 nitrogen and oxygen atoms in total. The summed E-state index contributed by atoms with van der Waals surface area (Å²) >= 11 is 1.15. The molecule has 1 atom stereocenters. The highest BCUT2D eigenvalue weighted by atomic mass is 32.2. The molecule has 1 saturated carbocycles. The number of nitrogens with one attached hydrogen (secondary N) is 1. The highest BCUT2D eigenvalue weighted by Crippen LogP contribution is 2.41. The van der Waals surface area contributed by atoms with Gasteiger partial charge in [0.1, 0.15) is 0 Å². The summed E-state index contributed by atoms with van der Waals surface area (Å²) in [6, 6.07) is 15.9. The number of carbonyl (C=O) groups is 3. The fourth-order valence-electron chi connectivity index (χ4n) is 4.21. The third kappa shape index (κ3) is 3.83. The molecular weight excluding hydrogens is 372 g/mol. The van der Waals surface area contributed by atoms with Crippen LogP contribution < -0.4 is 11.1 Å². The first-order chi connectivity index (χ1) is 13.5. The molecule has 4 rings (SSSR count). The van der Waals surface area contributed by atoms with Gasteiger partial charge in [-0.05, 0) is 66.3 Å². The molecule has 3 amide bonds. The number of hydrogen-bond donors (Lipinski definition) is 2. The van der Waals surface area contributed by atoms with E-state index in [0.717, 1.165) is 48.6 Å². The van der Waals surface area contributed by atoms with Gasteiger partial charge in [-0.1, -0.05) is 48.2 Å². The van der Waals surface area contributed by atoms with Gasteiger partial charge in [-0.3, -0.25) is 19.7 Å². The van der Waals surface area contributed by atoms with Gasteiger partial charge in [-0.2, -0.15) is 0 Å². The number of primary amides is 1. The van der Waals surface area contributed by atoms with Gasteiger partial charge in [0.15, 0.2) is 0 Å². The molecule has 1 heterocycles. The molecule has 1 aliphatic carbocycles. The predicted octanol–water partition coefficient (Wildman–Crippen LogP) is 4.08. The number of hydrogen-bond acceptors (Lipinski definition) is 4. The maximum Gasteiger partial charge on any atom is 0.286 e. The summed E-state index contributed by atoms with van der Waals surface area (Å²) < 4.78 is 0. The van der Waals surface area contributed by atoms with Gasteiger partial charge in [-0.15, -0.1) is 0 Å². The Morgan fingerprint density at radius 3 is 1.96 bits per heavy atom. The SMILES string of the molecule is NC(=O)c1ccc(-c2ccc([C@H]3CC[C@H](C4SC(=O)NC4=O)CC3)cc2)cc1. The Balaban J connectivity index is 1.39. The van der Waals surface area contributed by atoms with Crippen molar-refractivity contribution in [2.45, 2.75) is 36.9 Å². The van der Waals surface area contributed by atoms with Gasteiger partial charge in [-0.25, -0.2) is 0 Å². The number of benzene rings is 2. The summed E-state index contributed by atoms with van der Waals surface area (Å²) in [5, 5.41) is 1.98. The topological polar surface area (TPSA) is 89.3 Å². The Morgan fingerprint density at radius 1 is 0.893 bits per heavy atom. The second kappa shape index (κ2) is 7.80. The highest BCUT2D eigenvalue weighted by molar-refractivity contribution is 8.15. The molecule has 2 aromatic carbocycles. The third-order valence-corrected chi connectivity index (χ3v) is 6.97. The van der Waals surface area contributed by atoms with Crippen molar-refractivity contribution in [2.75, 3.05) is 0 Å². The largest absolute Gasteiger partial charge is 0.366 e. The summed E-state index contributed by atoms with van der Waals surface area (Å²) in [7, 11) is 0. The molecule has 6 heteroatoms. The molecular formula is C22H22N2O3S. The van der Waals surface area contributed by atoms with Crippen molar-refractivity contribution in [3.05, 3.63) is 59.7 Å². The lowest BCUT2D eigenvalue weighted by atomic mass is 9.77. The molecule has 1 aliphatic heterocycles. The van der Waals surface area contributed by atoms with Crippen LogP contribution in [0.25, 0.3) is 11.1 Å². The fraction of sp³-hybridized carbons (Fsp3) is 0.318. The standard InChI is InChI=1S/C22H22N2O3S/c23-20(25)18-11-7-16(8-12-18)14-3-1-13(2-4-14)15-5-9-17(10-6-15)19-21(26)24-22(27)28-19/h1-4,7-8,11-12,15,17,19H,5-6,9-10H2,(H2,23,25)(H,24,26,27)/t15-,17-,19?. The third-order valence-electron chi connectivity index (χ3n) is 5.80. The van der Waals surface area contributed by atoms with Gasteiger partial charge in [0.05, 0.1) is 5.25 Å². The van der Waals surface area contributed by atoms with Crippen molar-refractivity contribution in [2.24, 2.45) is 11.7 Å². The first-order valence-corrected chi connectivity index (χ1v) is 10.4. The zero-order valence-electron chi connectivity index (χ0n) is 15.4. The summed E-state index contributed by atoms with van der Waals surface area (Å²) in [4.78, 5) is 34.5. The zero-order chi connectivity index (χ0) is 19.7. The van der Waals surface area contributed by atoms with E-state index < -0.39 is 5.91 Å². The number of rotatable bonds is 4. The van der Waals surface area contributed by atoms with E-state index in [9.17, 15) is 14.4 Å². The Hall–Kier alpha value is -2.60. The van der Waals surface area contributed by atoms with E-state index in [0.29, 0.717) is 11.5 Å². The lowest BCUT2D eigenvalue weighted by Crippen LogP contribution is -2.31.